The quantitative estimate of drug-likeness (QED) is 0.329. The summed E-state index contributed by atoms with van der Waals surface area (Å²) in [6.07, 6.45) is 1.50. The van der Waals surface area contributed by atoms with Gasteiger partial charge in [0.05, 0.1) is 38.9 Å². The highest BCUT2D eigenvalue weighted by Crippen LogP contribution is 2.30. The van der Waals surface area contributed by atoms with Gasteiger partial charge in [0.15, 0.2) is 4.80 Å². The smallest absolute Gasteiger partial charge is 0.338 e. The summed E-state index contributed by atoms with van der Waals surface area (Å²) < 4.78 is 7.03. The Hall–Kier alpha value is -3.85. The van der Waals surface area contributed by atoms with Crippen molar-refractivity contribution in [1.82, 2.24) is 4.57 Å². The minimum atomic E-state index is -0.714. The van der Waals surface area contributed by atoms with E-state index in [1.807, 2.05) is 31.2 Å². The van der Waals surface area contributed by atoms with E-state index in [2.05, 4.69) is 4.99 Å². The van der Waals surface area contributed by atoms with Gasteiger partial charge in [-0.3, -0.25) is 19.5 Å². The van der Waals surface area contributed by atoms with Gasteiger partial charge in [0.1, 0.15) is 0 Å². The second-order valence-electron chi connectivity index (χ2n) is 7.53. The molecule has 0 saturated heterocycles. The van der Waals surface area contributed by atoms with E-state index in [1.54, 1.807) is 32.0 Å². The summed E-state index contributed by atoms with van der Waals surface area (Å²) in [5, 5.41) is 11.4. The number of nitro benzene ring substituents is 1. The van der Waals surface area contributed by atoms with Crippen LogP contribution in [-0.2, 0) is 9.53 Å². The molecule has 1 aromatic heterocycles. The lowest BCUT2D eigenvalue weighted by Crippen LogP contribution is -2.39. The Bertz CT molecular complexity index is 1460. The number of ether oxygens (including phenoxy) is 1. The fraction of sp³-hybridized carbons (Fsp3) is 0.208. The van der Waals surface area contributed by atoms with Crippen LogP contribution >= 0.6 is 11.3 Å². The highest BCUT2D eigenvalue weighted by Gasteiger charge is 2.33. The van der Waals surface area contributed by atoms with Gasteiger partial charge in [-0.2, -0.15) is 0 Å². The van der Waals surface area contributed by atoms with Gasteiger partial charge in [-0.15, -0.1) is 0 Å². The van der Waals surface area contributed by atoms with Crippen molar-refractivity contribution in [3.05, 3.63) is 106 Å². The van der Waals surface area contributed by atoms with Crippen molar-refractivity contribution in [2.75, 3.05) is 6.61 Å². The third-order valence-corrected chi connectivity index (χ3v) is 6.31. The second kappa shape index (κ2) is 8.95. The summed E-state index contributed by atoms with van der Waals surface area (Å²) >= 11 is 1.13. The van der Waals surface area contributed by atoms with Crippen molar-refractivity contribution in [3.63, 3.8) is 0 Å². The maximum atomic E-state index is 13.5. The molecule has 0 fully saturated rings. The molecule has 0 aliphatic carbocycles. The van der Waals surface area contributed by atoms with Crippen molar-refractivity contribution < 1.29 is 14.5 Å². The minimum absolute atomic E-state index is 0.0955. The third-order valence-electron chi connectivity index (χ3n) is 5.33. The molecule has 0 unspecified atom stereocenters. The monoisotopic (exact) mass is 463 g/mol. The van der Waals surface area contributed by atoms with Crippen LogP contribution in [0.3, 0.4) is 0 Å². The van der Waals surface area contributed by atoms with Crippen LogP contribution in [0.2, 0.25) is 0 Å². The summed E-state index contributed by atoms with van der Waals surface area (Å²) in [6, 6.07) is 13.1. The first kappa shape index (κ1) is 22.3. The molecule has 2 heterocycles. The number of fused-ring (bicyclic) bond motifs is 1. The molecule has 0 amide bonds. The fourth-order valence-corrected chi connectivity index (χ4v) is 4.81. The van der Waals surface area contributed by atoms with Crippen LogP contribution < -0.4 is 14.9 Å². The van der Waals surface area contributed by atoms with E-state index in [1.165, 1.54) is 16.7 Å². The van der Waals surface area contributed by atoms with Gasteiger partial charge < -0.3 is 4.74 Å². The van der Waals surface area contributed by atoms with Crippen molar-refractivity contribution in [3.8, 4) is 0 Å². The average molecular weight is 464 g/mol. The zero-order chi connectivity index (χ0) is 23.7. The molecule has 9 heteroatoms. The molecule has 0 bridgehead atoms. The zero-order valence-electron chi connectivity index (χ0n) is 18.3. The van der Waals surface area contributed by atoms with E-state index >= 15 is 0 Å². The van der Waals surface area contributed by atoms with Crippen molar-refractivity contribution in [2.24, 2.45) is 4.99 Å². The van der Waals surface area contributed by atoms with Gasteiger partial charge >= 0.3 is 5.97 Å². The Balaban J connectivity index is 1.98. The van der Waals surface area contributed by atoms with Crippen LogP contribution in [0.1, 0.15) is 36.6 Å². The average Bonchev–Trinajstić information content (AvgIpc) is 3.08. The maximum Gasteiger partial charge on any atom is 0.338 e. The van der Waals surface area contributed by atoms with E-state index in [4.69, 9.17) is 4.74 Å². The summed E-state index contributed by atoms with van der Waals surface area (Å²) in [5.74, 6) is -0.530. The number of carbonyl (C=O) groups excluding carboxylic acids is 1. The number of esters is 1. The van der Waals surface area contributed by atoms with Crippen LogP contribution in [-0.4, -0.2) is 22.1 Å². The van der Waals surface area contributed by atoms with Crippen LogP contribution in [0.15, 0.2) is 69.6 Å². The van der Waals surface area contributed by atoms with Gasteiger partial charge in [-0.05, 0) is 38.5 Å². The first-order chi connectivity index (χ1) is 15.8. The molecule has 1 aliphatic heterocycles. The van der Waals surface area contributed by atoms with Crippen molar-refractivity contribution in [1.29, 1.82) is 0 Å². The number of nitrogens with zero attached hydrogens (tertiary/aromatic N) is 3. The highest BCUT2D eigenvalue weighted by atomic mass is 32.1. The summed E-state index contributed by atoms with van der Waals surface area (Å²) in [6.45, 7) is 5.58. The lowest BCUT2D eigenvalue weighted by molar-refractivity contribution is -0.385. The predicted octanol–water partition coefficient (Wildman–Crippen LogP) is 3.01. The molecule has 0 radical (unpaired) electrons. The molecule has 0 saturated carbocycles. The van der Waals surface area contributed by atoms with E-state index in [0.29, 0.717) is 21.6 Å². The molecule has 3 aromatic rings. The molecule has 1 atom stereocenters. The Morgan fingerprint density at radius 1 is 1.21 bits per heavy atom. The van der Waals surface area contributed by atoms with Gasteiger partial charge in [-0.1, -0.05) is 53.3 Å². The SMILES string of the molecule is CCOC(=O)C1=C(C)N=c2s/c(=C/c3ccccc3[N+](=O)[O-])c(=O)n2[C@@H]1c1ccc(C)cc1. The predicted molar refractivity (Wildman–Crippen MR) is 125 cm³/mol. The molecule has 2 aromatic carbocycles. The number of rotatable bonds is 5. The Labute approximate surface area is 192 Å². The highest BCUT2D eigenvalue weighted by molar-refractivity contribution is 7.07. The summed E-state index contributed by atoms with van der Waals surface area (Å²) in [4.78, 5) is 42.2. The molecular formula is C24H21N3O5S. The number of para-hydroxylation sites is 1. The van der Waals surface area contributed by atoms with Gasteiger partial charge in [0.2, 0.25) is 0 Å². The molecule has 4 rings (SSSR count). The first-order valence-electron chi connectivity index (χ1n) is 10.3. The number of benzene rings is 2. The number of thiazole rings is 1. The van der Waals surface area contributed by atoms with E-state index in [9.17, 15) is 19.7 Å². The fourth-order valence-electron chi connectivity index (χ4n) is 3.77. The van der Waals surface area contributed by atoms with Crippen LogP contribution in [0.4, 0.5) is 5.69 Å². The molecule has 168 valence electrons. The number of aryl methyl sites for hydroxylation is 1. The third kappa shape index (κ3) is 4.14. The number of carbonyl (C=O) groups is 1. The molecule has 8 nitrogen and oxygen atoms in total. The topological polar surface area (TPSA) is 104 Å². The number of hydrogen-bond acceptors (Lipinski definition) is 7. The van der Waals surface area contributed by atoms with E-state index < -0.39 is 16.9 Å². The van der Waals surface area contributed by atoms with Crippen LogP contribution in [0, 0.1) is 17.0 Å². The summed E-state index contributed by atoms with van der Waals surface area (Å²) in [7, 11) is 0. The Kier molecular flexibility index (Phi) is 6.06. The standard InChI is InChI=1S/C24H21N3O5S/c1-4-32-23(29)20-15(3)25-24-26(21(20)16-11-9-14(2)10-12-16)22(28)19(33-24)13-17-7-5-6-8-18(17)27(30)31/h5-13,21H,4H2,1-3H3/b19-13+/t21-/m1/s1. The number of hydrogen-bond donors (Lipinski definition) is 0. The van der Waals surface area contributed by atoms with Crippen LogP contribution in [0.5, 0.6) is 0 Å². The number of allylic oxidation sites excluding steroid dienone is 1. The van der Waals surface area contributed by atoms with Crippen LogP contribution in [0.25, 0.3) is 6.08 Å². The Morgan fingerprint density at radius 2 is 1.91 bits per heavy atom. The van der Waals surface area contributed by atoms with Gasteiger partial charge in [0, 0.05) is 6.07 Å². The van der Waals surface area contributed by atoms with Crippen molar-refractivity contribution in [2.45, 2.75) is 26.8 Å². The minimum Gasteiger partial charge on any atom is -0.463 e. The number of aromatic nitrogens is 1. The summed E-state index contributed by atoms with van der Waals surface area (Å²) in [5.41, 5.74) is 2.40. The number of nitro groups is 1. The zero-order valence-corrected chi connectivity index (χ0v) is 19.1. The largest absolute Gasteiger partial charge is 0.463 e. The van der Waals surface area contributed by atoms with Gasteiger partial charge in [0.25, 0.3) is 11.2 Å². The van der Waals surface area contributed by atoms with Gasteiger partial charge in [-0.25, -0.2) is 9.79 Å². The lowest BCUT2D eigenvalue weighted by atomic mass is 9.95. The molecule has 0 spiro atoms. The lowest BCUT2D eigenvalue weighted by Gasteiger charge is -2.24. The molecular weight excluding hydrogens is 442 g/mol. The Morgan fingerprint density at radius 3 is 2.58 bits per heavy atom. The first-order valence-corrected chi connectivity index (χ1v) is 11.1. The van der Waals surface area contributed by atoms with E-state index in [0.717, 1.165) is 22.5 Å². The maximum absolute atomic E-state index is 13.5. The normalized spacial score (nSPS) is 15.7. The van der Waals surface area contributed by atoms with Crippen molar-refractivity contribution >= 4 is 29.1 Å². The second-order valence-corrected chi connectivity index (χ2v) is 8.54. The molecule has 0 N–H and O–H groups in total. The molecule has 33 heavy (non-hydrogen) atoms. The van der Waals surface area contributed by atoms with E-state index in [-0.39, 0.29) is 22.4 Å². The molecule has 1 aliphatic rings.